The van der Waals surface area contributed by atoms with Crippen molar-refractivity contribution in [3.05, 3.63) is 0 Å². The van der Waals surface area contributed by atoms with Gasteiger partial charge in [0.25, 0.3) is 0 Å². The third-order valence-electron chi connectivity index (χ3n) is 2.72. The molecule has 0 bridgehead atoms. The molecule has 0 aliphatic carbocycles. The summed E-state index contributed by atoms with van der Waals surface area (Å²) in [6.45, 7) is 7.51. The minimum Gasteiger partial charge on any atom is -0.480 e. The molecule has 0 rings (SSSR count). The molecule has 0 aliphatic rings. The van der Waals surface area contributed by atoms with Crippen LogP contribution in [0.3, 0.4) is 0 Å². The summed E-state index contributed by atoms with van der Waals surface area (Å²) in [6.07, 6.45) is 0.880. The first-order chi connectivity index (χ1) is 6.65. The Kier molecular flexibility index (Phi) is 4.31. The Morgan fingerprint density at radius 3 is 1.60 bits per heavy atom. The lowest BCUT2D eigenvalue weighted by Gasteiger charge is -2.27. The van der Waals surface area contributed by atoms with Gasteiger partial charge in [-0.25, -0.2) is 0 Å². The Bertz CT molecular complexity index is 236. The van der Waals surface area contributed by atoms with Gasteiger partial charge in [-0.05, 0) is 24.7 Å². The number of carbonyl (C=O) groups is 2. The molecule has 0 aromatic rings. The van der Waals surface area contributed by atoms with E-state index in [1.54, 1.807) is 6.92 Å². The third kappa shape index (κ3) is 3.53. The van der Waals surface area contributed by atoms with E-state index in [9.17, 15) is 9.59 Å². The van der Waals surface area contributed by atoms with Gasteiger partial charge in [0.1, 0.15) is 0 Å². The van der Waals surface area contributed by atoms with Crippen LogP contribution in [0.25, 0.3) is 0 Å². The van der Waals surface area contributed by atoms with Gasteiger partial charge in [-0.3, -0.25) is 9.59 Å². The van der Waals surface area contributed by atoms with Crippen LogP contribution in [-0.2, 0) is 9.59 Å². The zero-order valence-corrected chi connectivity index (χ0v) is 9.83. The fourth-order valence-corrected chi connectivity index (χ4v) is 1.37. The van der Waals surface area contributed by atoms with Crippen molar-refractivity contribution < 1.29 is 19.8 Å². The number of aliphatic carboxylic acids is 2. The molecule has 4 heteroatoms. The quantitative estimate of drug-likeness (QED) is 0.692. The topological polar surface area (TPSA) is 74.6 Å². The molecule has 4 nitrogen and oxygen atoms in total. The highest BCUT2D eigenvalue weighted by atomic mass is 16.4. The van der Waals surface area contributed by atoms with Gasteiger partial charge in [0, 0.05) is 0 Å². The van der Waals surface area contributed by atoms with E-state index >= 15 is 0 Å². The first kappa shape index (κ1) is 13.9. The minimum absolute atomic E-state index is 0.0503. The summed E-state index contributed by atoms with van der Waals surface area (Å²) >= 11 is 0. The standard InChI is InChI=1S/C11H20O4/c1-5-11(8(12)13,9(14)15)7-6-10(2,3)4/h5-7H2,1-4H3,(H,12,13)(H,14,15). The molecular formula is C11H20O4. The minimum atomic E-state index is -1.62. The van der Waals surface area contributed by atoms with Gasteiger partial charge in [0.2, 0.25) is 0 Å². The number of carboxylic acid groups (broad SMARTS) is 2. The SMILES string of the molecule is CCC(CCC(C)(C)C)(C(=O)O)C(=O)O. The fourth-order valence-electron chi connectivity index (χ4n) is 1.37. The Morgan fingerprint density at radius 1 is 1.00 bits per heavy atom. The van der Waals surface area contributed by atoms with Crippen molar-refractivity contribution in [2.45, 2.75) is 47.0 Å². The lowest BCUT2D eigenvalue weighted by Crippen LogP contribution is -2.39. The van der Waals surface area contributed by atoms with Crippen LogP contribution in [0, 0.1) is 10.8 Å². The lowest BCUT2D eigenvalue weighted by atomic mass is 9.76. The molecule has 0 aromatic carbocycles. The van der Waals surface area contributed by atoms with Crippen LogP contribution < -0.4 is 0 Å². The Hall–Kier alpha value is -1.06. The average Bonchev–Trinajstić information content (AvgIpc) is 2.02. The summed E-state index contributed by atoms with van der Waals surface area (Å²) < 4.78 is 0. The zero-order valence-electron chi connectivity index (χ0n) is 9.83. The van der Waals surface area contributed by atoms with Crippen LogP contribution in [0.5, 0.6) is 0 Å². The molecule has 0 fully saturated rings. The molecule has 0 spiro atoms. The van der Waals surface area contributed by atoms with Gasteiger partial charge in [-0.2, -0.15) is 0 Å². The van der Waals surface area contributed by atoms with Crippen LogP contribution in [0.2, 0.25) is 0 Å². The number of carboxylic acids is 2. The summed E-state index contributed by atoms with van der Waals surface area (Å²) in [5.74, 6) is -2.47. The van der Waals surface area contributed by atoms with E-state index in [2.05, 4.69) is 0 Å². The summed E-state index contributed by atoms with van der Waals surface area (Å²) in [6, 6.07) is 0. The third-order valence-corrected chi connectivity index (χ3v) is 2.72. The molecule has 0 saturated heterocycles. The predicted octanol–water partition coefficient (Wildman–Crippen LogP) is 2.38. The van der Waals surface area contributed by atoms with Crippen LogP contribution >= 0.6 is 0 Å². The molecule has 0 radical (unpaired) electrons. The van der Waals surface area contributed by atoms with Crippen molar-refractivity contribution in [2.75, 3.05) is 0 Å². The van der Waals surface area contributed by atoms with Gasteiger partial charge >= 0.3 is 11.9 Å². The number of rotatable bonds is 5. The molecule has 0 amide bonds. The molecule has 88 valence electrons. The highest BCUT2D eigenvalue weighted by Crippen LogP contribution is 2.34. The first-order valence-corrected chi connectivity index (χ1v) is 5.12. The molecule has 0 atom stereocenters. The maximum absolute atomic E-state index is 11.0. The molecule has 0 heterocycles. The van der Waals surface area contributed by atoms with Crippen molar-refractivity contribution in [1.29, 1.82) is 0 Å². The van der Waals surface area contributed by atoms with Crippen LogP contribution in [-0.4, -0.2) is 22.2 Å². The summed E-state index contributed by atoms with van der Waals surface area (Å²) in [4.78, 5) is 22.1. The molecule has 0 saturated carbocycles. The largest absolute Gasteiger partial charge is 0.480 e. The van der Waals surface area contributed by atoms with Crippen molar-refractivity contribution in [1.82, 2.24) is 0 Å². The Morgan fingerprint density at radius 2 is 1.40 bits per heavy atom. The average molecular weight is 216 g/mol. The van der Waals surface area contributed by atoms with E-state index in [0.29, 0.717) is 6.42 Å². The van der Waals surface area contributed by atoms with Crippen LogP contribution in [0.1, 0.15) is 47.0 Å². The summed E-state index contributed by atoms with van der Waals surface area (Å²) in [7, 11) is 0. The Labute approximate surface area is 90.3 Å². The second-order valence-corrected chi connectivity index (χ2v) is 5.11. The summed E-state index contributed by atoms with van der Waals surface area (Å²) in [5, 5.41) is 18.0. The van der Waals surface area contributed by atoms with E-state index in [-0.39, 0.29) is 18.3 Å². The molecule has 15 heavy (non-hydrogen) atoms. The van der Waals surface area contributed by atoms with Gasteiger partial charge in [-0.15, -0.1) is 0 Å². The zero-order chi connectivity index (χ0) is 12.3. The van der Waals surface area contributed by atoms with E-state index < -0.39 is 17.4 Å². The van der Waals surface area contributed by atoms with Gasteiger partial charge in [-0.1, -0.05) is 27.7 Å². The predicted molar refractivity (Wildman–Crippen MR) is 56.7 cm³/mol. The molecular weight excluding hydrogens is 196 g/mol. The number of hydrogen-bond donors (Lipinski definition) is 2. The maximum Gasteiger partial charge on any atom is 0.321 e. The van der Waals surface area contributed by atoms with Crippen LogP contribution in [0.4, 0.5) is 0 Å². The monoisotopic (exact) mass is 216 g/mol. The van der Waals surface area contributed by atoms with Crippen molar-refractivity contribution in [3.63, 3.8) is 0 Å². The molecule has 0 aliphatic heterocycles. The Balaban J connectivity index is 4.80. The molecule has 0 unspecified atom stereocenters. The highest BCUT2D eigenvalue weighted by molar-refractivity contribution is 5.98. The summed E-state index contributed by atoms with van der Waals surface area (Å²) in [5.41, 5.74) is -1.67. The van der Waals surface area contributed by atoms with E-state index in [4.69, 9.17) is 10.2 Å². The van der Waals surface area contributed by atoms with Gasteiger partial charge < -0.3 is 10.2 Å². The lowest BCUT2D eigenvalue weighted by molar-refractivity contribution is -0.166. The van der Waals surface area contributed by atoms with Crippen molar-refractivity contribution >= 4 is 11.9 Å². The fraction of sp³-hybridized carbons (Fsp3) is 0.818. The first-order valence-electron chi connectivity index (χ1n) is 5.12. The van der Waals surface area contributed by atoms with E-state index in [1.165, 1.54) is 0 Å². The molecule has 0 aromatic heterocycles. The van der Waals surface area contributed by atoms with Crippen LogP contribution in [0.15, 0.2) is 0 Å². The van der Waals surface area contributed by atoms with Crippen molar-refractivity contribution in [3.8, 4) is 0 Å². The maximum atomic E-state index is 11.0. The van der Waals surface area contributed by atoms with Gasteiger partial charge in [0.15, 0.2) is 5.41 Å². The smallest absolute Gasteiger partial charge is 0.321 e. The number of hydrogen-bond acceptors (Lipinski definition) is 2. The van der Waals surface area contributed by atoms with E-state index in [0.717, 1.165) is 0 Å². The second kappa shape index (κ2) is 4.64. The highest BCUT2D eigenvalue weighted by Gasteiger charge is 2.44. The normalized spacial score (nSPS) is 12.5. The second-order valence-electron chi connectivity index (χ2n) is 5.11. The molecule has 2 N–H and O–H groups in total. The van der Waals surface area contributed by atoms with Crippen molar-refractivity contribution in [2.24, 2.45) is 10.8 Å². The van der Waals surface area contributed by atoms with Gasteiger partial charge in [0.05, 0.1) is 0 Å². The van der Waals surface area contributed by atoms with E-state index in [1.807, 2.05) is 20.8 Å².